The molecule has 1 aromatic carbocycles. The third kappa shape index (κ3) is 1.76. The van der Waals surface area contributed by atoms with Gasteiger partial charge in [-0.15, -0.1) is 0 Å². The maximum atomic E-state index is 7.34. The smallest absolute Gasteiger partial charge is 0.0619 e. The molecule has 0 aliphatic carbocycles. The Hall–Kier alpha value is -1.68. The molecule has 0 spiro atoms. The summed E-state index contributed by atoms with van der Waals surface area (Å²) in [5.41, 5.74) is 1.13. The number of aromatic amines is 1. The first kappa shape index (κ1) is 9.86. The lowest BCUT2D eigenvalue weighted by Gasteiger charge is -2.07. The standard InChI is InChI=1S/C14H14N/c1-3-7-11(4-2)14-13-9-6-5-8-12(13)10-15-14/h5-6,8-11,15H,3,7H2,1H3. The number of nitrogens with one attached hydrogen (secondary N) is 1. The van der Waals surface area contributed by atoms with Crippen molar-refractivity contribution >= 4 is 10.8 Å². The van der Waals surface area contributed by atoms with Crippen LogP contribution in [-0.4, -0.2) is 4.98 Å². The summed E-state index contributed by atoms with van der Waals surface area (Å²) in [4.78, 5) is 3.27. The number of fused-ring (bicyclic) bond motifs is 1. The molecule has 2 aromatic rings. The highest BCUT2D eigenvalue weighted by Gasteiger charge is 2.12. The summed E-state index contributed by atoms with van der Waals surface area (Å²) >= 11 is 0. The Morgan fingerprint density at radius 1 is 1.40 bits per heavy atom. The van der Waals surface area contributed by atoms with Gasteiger partial charge in [-0.1, -0.05) is 43.5 Å². The molecule has 0 aliphatic rings. The van der Waals surface area contributed by atoms with Gasteiger partial charge in [0.15, 0.2) is 0 Å². The van der Waals surface area contributed by atoms with Gasteiger partial charge >= 0.3 is 0 Å². The van der Waals surface area contributed by atoms with Crippen molar-refractivity contribution < 1.29 is 0 Å². The van der Waals surface area contributed by atoms with Gasteiger partial charge in [0.1, 0.15) is 0 Å². The van der Waals surface area contributed by atoms with Crippen LogP contribution in [0.25, 0.3) is 10.8 Å². The first-order valence-electron chi connectivity index (χ1n) is 5.35. The molecule has 75 valence electrons. The van der Waals surface area contributed by atoms with E-state index in [-0.39, 0.29) is 5.92 Å². The van der Waals surface area contributed by atoms with Gasteiger partial charge in [0.05, 0.1) is 5.92 Å². The van der Waals surface area contributed by atoms with Gasteiger partial charge in [-0.05, 0) is 18.2 Å². The van der Waals surface area contributed by atoms with E-state index in [2.05, 4.69) is 30.0 Å². The van der Waals surface area contributed by atoms with Crippen molar-refractivity contribution in [1.82, 2.24) is 4.98 Å². The molecule has 0 aliphatic heterocycles. The molecule has 0 amide bonds. The van der Waals surface area contributed by atoms with E-state index in [1.165, 1.54) is 10.8 Å². The van der Waals surface area contributed by atoms with Crippen LogP contribution < -0.4 is 0 Å². The third-order valence-corrected chi connectivity index (χ3v) is 2.73. The Kier molecular flexibility index (Phi) is 2.78. The summed E-state index contributed by atoms with van der Waals surface area (Å²) in [7, 11) is 0. The van der Waals surface area contributed by atoms with E-state index in [4.69, 9.17) is 6.42 Å². The summed E-state index contributed by atoms with van der Waals surface area (Å²) in [5.74, 6) is 2.72. The SMILES string of the molecule is [C]#CC(CCC)c1[nH]cc2ccccc12. The second-order valence-corrected chi connectivity index (χ2v) is 3.78. The minimum absolute atomic E-state index is 0.106. The van der Waals surface area contributed by atoms with E-state index in [1.54, 1.807) is 0 Å². The zero-order chi connectivity index (χ0) is 10.7. The minimum Gasteiger partial charge on any atom is -0.363 e. The van der Waals surface area contributed by atoms with E-state index < -0.39 is 0 Å². The predicted octanol–water partition coefficient (Wildman–Crippen LogP) is 3.64. The van der Waals surface area contributed by atoms with Crippen molar-refractivity contribution in [3.05, 3.63) is 42.6 Å². The molecule has 1 heteroatoms. The van der Waals surface area contributed by atoms with Crippen LogP contribution in [0.1, 0.15) is 31.4 Å². The number of hydrogen-bond acceptors (Lipinski definition) is 0. The Morgan fingerprint density at radius 3 is 2.93 bits per heavy atom. The molecule has 0 fully saturated rings. The van der Waals surface area contributed by atoms with Crippen molar-refractivity contribution in [2.45, 2.75) is 25.7 Å². The molecule has 1 aromatic heterocycles. The molecule has 1 atom stereocenters. The van der Waals surface area contributed by atoms with Gasteiger partial charge in [-0.3, -0.25) is 0 Å². The Labute approximate surface area is 90.5 Å². The number of rotatable bonds is 3. The monoisotopic (exact) mass is 196 g/mol. The fourth-order valence-corrected chi connectivity index (χ4v) is 1.97. The lowest BCUT2D eigenvalue weighted by atomic mass is 9.98. The quantitative estimate of drug-likeness (QED) is 0.721. The largest absolute Gasteiger partial charge is 0.363 e. The first-order chi connectivity index (χ1) is 7.36. The second-order valence-electron chi connectivity index (χ2n) is 3.78. The van der Waals surface area contributed by atoms with Gasteiger partial charge in [0.2, 0.25) is 0 Å². The summed E-state index contributed by atoms with van der Waals surface area (Å²) in [5, 5.41) is 2.43. The highest BCUT2D eigenvalue weighted by atomic mass is 14.7. The molecular weight excluding hydrogens is 182 g/mol. The van der Waals surface area contributed by atoms with E-state index in [0.29, 0.717) is 0 Å². The maximum Gasteiger partial charge on any atom is 0.0619 e. The number of aromatic nitrogens is 1. The van der Waals surface area contributed by atoms with Crippen molar-refractivity contribution in [2.75, 3.05) is 0 Å². The fourth-order valence-electron chi connectivity index (χ4n) is 1.97. The van der Waals surface area contributed by atoms with E-state index in [9.17, 15) is 0 Å². The van der Waals surface area contributed by atoms with E-state index >= 15 is 0 Å². The predicted molar refractivity (Wildman–Crippen MR) is 63.1 cm³/mol. The molecule has 0 saturated carbocycles. The summed E-state index contributed by atoms with van der Waals surface area (Å²) < 4.78 is 0. The third-order valence-electron chi connectivity index (χ3n) is 2.73. The van der Waals surface area contributed by atoms with Crippen LogP contribution in [0, 0.1) is 12.3 Å². The first-order valence-corrected chi connectivity index (χ1v) is 5.35. The minimum atomic E-state index is 0.106. The van der Waals surface area contributed by atoms with Crippen molar-refractivity contribution in [2.24, 2.45) is 0 Å². The van der Waals surface area contributed by atoms with Gasteiger partial charge in [0.25, 0.3) is 0 Å². The van der Waals surface area contributed by atoms with E-state index in [0.717, 1.165) is 18.5 Å². The lowest BCUT2D eigenvalue weighted by molar-refractivity contribution is 0.723. The fraction of sp³-hybridized carbons (Fsp3) is 0.286. The molecule has 1 unspecified atom stereocenters. The Bertz CT molecular complexity index is 487. The number of hydrogen-bond donors (Lipinski definition) is 1. The van der Waals surface area contributed by atoms with Crippen LogP contribution in [0.2, 0.25) is 0 Å². The second kappa shape index (κ2) is 4.23. The summed E-state index contributed by atoms with van der Waals surface area (Å²) in [6.45, 7) is 2.13. The maximum absolute atomic E-state index is 7.34. The Morgan fingerprint density at radius 2 is 2.20 bits per heavy atom. The average Bonchev–Trinajstić information content (AvgIpc) is 2.70. The van der Waals surface area contributed by atoms with Crippen LogP contribution in [0.5, 0.6) is 0 Å². The van der Waals surface area contributed by atoms with Crippen molar-refractivity contribution in [3.63, 3.8) is 0 Å². The zero-order valence-electron chi connectivity index (χ0n) is 8.88. The molecule has 0 bridgehead atoms. The summed E-state index contributed by atoms with van der Waals surface area (Å²) in [6.07, 6.45) is 11.4. The van der Waals surface area contributed by atoms with Gasteiger partial charge in [-0.2, -0.15) is 0 Å². The van der Waals surface area contributed by atoms with Gasteiger partial charge in [0, 0.05) is 17.3 Å². The highest BCUT2D eigenvalue weighted by Crippen LogP contribution is 2.27. The molecule has 1 N–H and O–H groups in total. The van der Waals surface area contributed by atoms with Crippen LogP contribution in [-0.2, 0) is 0 Å². The van der Waals surface area contributed by atoms with Crippen LogP contribution in [0.4, 0.5) is 0 Å². The normalized spacial score (nSPS) is 12.5. The topological polar surface area (TPSA) is 15.8 Å². The van der Waals surface area contributed by atoms with Crippen molar-refractivity contribution in [1.29, 1.82) is 0 Å². The summed E-state index contributed by atoms with van der Waals surface area (Å²) in [6, 6.07) is 8.25. The molecule has 1 nitrogen and oxygen atoms in total. The Balaban J connectivity index is 2.47. The van der Waals surface area contributed by atoms with Crippen LogP contribution in [0.3, 0.4) is 0 Å². The van der Waals surface area contributed by atoms with Gasteiger partial charge in [-0.25, -0.2) is 0 Å². The molecule has 1 heterocycles. The molecule has 1 radical (unpaired) electrons. The highest BCUT2D eigenvalue weighted by molar-refractivity contribution is 5.85. The lowest BCUT2D eigenvalue weighted by Crippen LogP contribution is -1.95. The molecule has 0 saturated heterocycles. The van der Waals surface area contributed by atoms with Crippen LogP contribution >= 0.6 is 0 Å². The van der Waals surface area contributed by atoms with Crippen molar-refractivity contribution in [3.8, 4) is 5.92 Å². The molecule has 2 rings (SSSR count). The van der Waals surface area contributed by atoms with E-state index in [1.807, 2.05) is 18.3 Å². The van der Waals surface area contributed by atoms with Crippen LogP contribution in [0.15, 0.2) is 30.5 Å². The number of benzene rings is 1. The molecular formula is C14H14N. The number of H-pyrrole nitrogens is 1. The molecule has 15 heavy (non-hydrogen) atoms. The average molecular weight is 196 g/mol. The van der Waals surface area contributed by atoms with Gasteiger partial charge < -0.3 is 4.98 Å². The zero-order valence-corrected chi connectivity index (χ0v) is 8.88.